The Hall–Kier alpha value is -0.0600. The van der Waals surface area contributed by atoms with Crippen molar-refractivity contribution in [2.45, 2.75) is 36.0 Å². The number of hydrogen-bond acceptors (Lipinski definition) is 2. The van der Waals surface area contributed by atoms with Gasteiger partial charge in [0.25, 0.3) is 0 Å². The summed E-state index contributed by atoms with van der Waals surface area (Å²) in [4.78, 5) is 11.0. The van der Waals surface area contributed by atoms with Gasteiger partial charge >= 0.3 is 5.97 Å². The molecular formula is C10H15IO2. The Balaban J connectivity index is 2.38. The van der Waals surface area contributed by atoms with Crippen molar-refractivity contribution >= 4 is 28.6 Å². The fourth-order valence-corrected chi connectivity index (χ4v) is 1.91. The molecule has 0 N–H and O–H groups in total. The first-order valence-electron chi connectivity index (χ1n) is 4.76. The van der Waals surface area contributed by atoms with Crippen LogP contribution in [0.25, 0.3) is 0 Å². The zero-order valence-corrected chi connectivity index (χ0v) is 9.83. The van der Waals surface area contributed by atoms with Crippen LogP contribution in [-0.4, -0.2) is 16.5 Å². The zero-order valence-electron chi connectivity index (χ0n) is 7.67. The average Bonchev–Trinajstić information content (AvgIpc) is 2.15. The van der Waals surface area contributed by atoms with Gasteiger partial charge in [-0.25, -0.2) is 4.79 Å². The molecule has 0 radical (unpaired) electrons. The first-order chi connectivity index (χ1) is 6.29. The van der Waals surface area contributed by atoms with E-state index in [9.17, 15) is 4.79 Å². The Bertz CT molecular complexity index is 189. The lowest BCUT2D eigenvalue weighted by Gasteiger charge is -2.08. The Morgan fingerprint density at radius 2 is 2.23 bits per heavy atom. The number of halogens is 1. The topological polar surface area (TPSA) is 26.3 Å². The van der Waals surface area contributed by atoms with Gasteiger partial charge in [0.2, 0.25) is 0 Å². The molecule has 0 aromatic rings. The molecule has 3 heteroatoms. The predicted octanol–water partition coefficient (Wildman–Crippen LogP) is 2.85. The molecule has 1 heterocycles. The van der Waals surface area contributed by atoms with E-state index < -0.39 is 0 Å². The van der Waals surface area contributed by atoms with Crippen molar-refractivity contribution in [2.75, 3.05) is 6.61 Å². The summed E-state index contributed by atoms with van der Waals surface area (Å²) in [7, 11) is 0. The van der Waals surface area contributed by atoms with Crippen molar-refractivity contribution < 1.29 is 9.53 Å². The van der Waals surface area contributed by atoms with E-state index in [4.69, 9.17) is 4.74 Å². The molecule has 0 aromatic heterocycles. The molecule has 13 heavy (non-hydrogen) atoms. The quantitative estimate of drug-likeness (QED) is 0.390. The summed E-state index contributed by atoms with van der Waals surface area (Å²) < 4.78 is 5.53. The normalized spacial score (nSPS) is 28.7. The van der Waals surface area contributed by atoms with Crippen LogP contribution in [0.15, 0.2) is 12.2 Å². The van der Waals surface area contributed by atoms with Gasteiger partial charge in [0.1, 0.15) is 6.61 Å². The summed E-state index contributed by atoms with van der Waals surface area (Å²) in [6, 6.07) is 0. The third-order valence-electron chi connectivity index (χ3n) is 2.05. The molecule has 0 aliphatic carbocycles. The van der Waals surface area contributed by atoms with Gasteiger partial charge < -0.3 is 4.74 Å². The number of hydrogen-bond donors (Lipinski definition) is 0. The Morgan fingerprint density at radius 3 is 3.08 bits per heavy atom. The van der Waals surface area contributed by atoms with Gasteiger partial charge in [-0.05, 0) is 19.3 Å². The summed E-state index contributed by atoms with van der Waals surface area (Å²) in [6.45, 7) is 0.559. The van der Waals surface area contributed by atoms with E-state index in [2.05, 4.69) is 22.6 Å². The molecule has 0 saturated heterocycles. The molecule has 1 unspecified atom stereocenters. The van der Waals surface area contributed by atoms with Crippen LogP contribution in [0.3, 0.4) is 0 Å². The Morgan fingerprint density at radius 1 is 1.38 bits per heavy atom. The maximum atomic E-state index is 11.0. The molecule has 0 saturated carbocycles. The summed E-state index contributed by atoms with van der Waals surface area (Å²) in [6.07, 6.45) is 9.32. The van der Waals surface area contributed by atoms with Gasteiger partial charge in [0, 0.05) is 10.0 Å². The summed E-state index contributed by atoms with van der Waals surface area (Å²) >= 11 is 2.35. The number of carbonyl (C=O) groups is 1. The van der Waals surface area contributed by atoms with Crippen molar-refractivity contribution in [3.63, 3.8) is 0 Å². The van der Waals surface area contributed by atoms with Crippen LogP contribution in [0.5, 0.6) is 0 Å². The van der Waals surface area contributed by atoms with Gasteiger partial charge in [-0.1, -0.05) is 41.5 Å². The van der Waals surface area contributed by atoms with E-state index in [1.165, 1.54) is 19.3 Å². The van der Waals surface area contributed by atoms with E-state index in [-0.39, 0.29) is 5.97 Å². The number of allylic oxidation sites excluding steroid dienone is 1. The SMILES string of the molecule is O=C1/C=C/CCCCCC(I)CO1. The molecule has 1 atom stereocenters. The van der Waals surface area contributed by atoms with Crippen LogP contribution in [0, 0.1) is 0 Å². The van der Waals surface area contributed by atoms with Crippen molar-refractivity contribution in [1.29, 1.82) is 0 Å². The summed E-state index contributed by atoms with van der Waals surface area (Å²) in [5.41, 5.74) is 0. The zero-order chi connectivity index (χ0) is 9.52. The largest absolute Gasteiger partial charge is 0.461 e. The molecule has 0 spiro atoms. The number of rotatable bonds is 0. The second kappa shape index (κ2) is 6.40. The van der Waals surface area contributed by atoms with Gasteiger partial charge in [-0.3, -0.25) is 0 Å². The Labute approximate surface area is 92.9 Å². The first-order valence-corrected chi connectivity index (χ1v) is 6.01. The van der Waals surface area contributed by atoms with E-state index in [0.29, 0.717) is 10.5 Å². The van der Waals surface area contributed by atoms with Crippen LogP contribution < -0.4 is 0 Å². The molecule has 74 valence electrons. The van der Waals surface area contributed by atoms with Crippen LogP contribution >= 0.6 is 22.6 Å². The molecule has 0 fully saturated rings. The predicted molar refractivity (Wildman–Crippen MR) is 61.0 cm³/mol. The van der Waals surface area contributed by atoms with Crippen LogP contribution in [0.1, 0.15) is 32.1 Å². The first kappa shape index (κ1) is 11.0. The molecule has 0 aromatic carbocycles. The summed E-state index contributed by atoms with van der Waals surface area (Å²) in [5.74, 6) is -0.191. The van der Waals surface area contributed by atoms with E-state index in [1.54, 1.807) is 6.08 Å². The number of ether oxygens (including phenoxy) is 1. The second-order valence-corrected chi connectivity index (χ2v) is 5.03. The van der Waals surface area contributed by atoms with Gasteiger partial charge in [0.05, 0.1) is 0 Å². The number of cyclic esters (lactones) is 1. The summed E-state index contributed by atoms with van der Waals surface area (Å²) in [5, 5.41) is 0. The fraction of sp³-hybridized carbons (Fsp3) is 0.700. The molecule has 0 amide bonds. The highest BCUT2D eigenvalue weighted by molar-refractivity contribution is 14.1. The molecule has 0 bridgehead atoms. The maximum Gasteiger partial charge on any atom is 0.330 e. The lowest BCUT2D eigenvalue weighted by molar-refractivity contribution is -0.137. The highest BCUT2D eigenvalue weighted by Crippen LogP contribution is 2.14. The minimum absolute atomic E-state index is 0.191. The van der Waals surface area contributed by atoms with Gasteiger partial charge in [-0.15, -0.1) is 0 Å². The molecule has 1 rings (SSSR count). The number of carbonyl (C=O) groups excluding carboxylic acids is 1. The Kier molecular flexibility index (Phi) is 5.43. The highest BCUT2D eigenvalue weighted by Gasteiger charge is 2.07. The minimum Gasteiger partial charge on any atom is -0.461 e. The minimum atomic E-state index is -0.191. The van der Waals surface area contributed by atoms with Crippen molar-refractivity contribution in [1.82, 2.24) is 0 Å². The maximum absolute atomic E-state index is 11.0. The standard InChI is InChI=1S/C10H15IO2/c11-9-6-4-2-1-3-5-7-10(12)13-8-9/h5,7,9H,1-4,6,8H2/b7-5+. The third-order valence-corrected chi connectivity index (χ3v) is 3.03. The lowest BCUT2D eigenvalue weighted by Crippen LogP contribution is -2.11. The van der Waals surface area contributed by atoms with E-state index in [1.807, 2.05) is 6.08 Å². The highest BCUT2D eigenvalue weighted by atomic mass is 127. The molecular weight excluding hydrogens is 279 g/mol. The second-order valence-electron chi connectivity index (χ2n) is 3.27. The number of alkyl halides is 1. The van der Waals surface area contributed by atoms with Crippen molar-refractivity contribution in [3.8, 4) is 0 Å². The molecule has 1 aliphatic heterocycles. The lowest BCUT2D eigenvalue weighted by atomic mass is 10.1. The van der Waals surface area contributed by atoms with E-state index >= 15 is 0 Å². The molecule has 2 nitrogen and oxygen atoms in total. The van der Waals surface area contributed by atoms with Crippen LogP contribution in [0.4, 0.5) is 0 Å². The average molecular weight is 294 g/mol. The van der Waals surface area contributed by atoms with E-state index in [0.717, 1.165) is 12.8 Å². The smallest absolute Gasteiger partial charge is 0.330 e. The van der Waals surface area contributed by atoms with Gasteiger partial charge in [0.15, 0.2) is 0 Å². The van der Waals surface area contributed by atoms with Crippen molar-refractivity contribution in [2.24, 2.45) is 0 Å². The van der Waals surface area contributed by atoms with Crippen LogP contribution in [-0.2, 0) is 9.53 Å². The van der Waals surface area contributed by atoms with Crippen LogP contribution in [0.2, 0.25) is 0 Å². The van der Waals surface area contributed by atoms with Crippen molar-refractivity contribution in [3.05, 3.63) is 12.2 Å². The monoisotopic (exact) mass is 294 g/mol. The van der Waals surface area contributed by atoms with Gasteiger partial charge in [-0.2, -0.15) is 0 Å². The molecule has 1 aliphatic rings. The third kappa shape index (κ3) is 5.29. The fourth-order valence-electron chi connectivity index (χ4n) is 1.29. The number of esters is 1.